The Balaban J connectivity index is 2.00. The number of rotatable bonds is 5. The highest BCUT2D eigenvalue weighted by Gasteiger charge is 2.12. The lowest BCUT2D eigenvalue weighted by molar-refractivity contribution is -0.121. The first-order valence-electron chi connectivity index (χ1n) is 6.66. The van der Waals surface area contributed by atoms with Crippen LogP contribution in [0.25, 0.3) is 0 Å². The number of aromatic hydroxyl groups is 1. The molecule has 0 aliphatic rings. The van der Waals surface area contributed by atoms with Crippen molar-refractivity contribution in [2.24, 2.45) is 0 Å². The maximum absolute atomic E-state index is 12.1. The average molecular weight is 270 g/mol. The molecule has 0 fully saturated rings. The van der Waals surface area contributed by atoms with Crippen LogP contribution in [0.1, 0.15) is 30.5 Å². The van der Waals surface area contributed by atoms with Crippen LogP contribution in [0.3, 0.4) is 0 Å². The average Bonchev–Trinajstić information content (AvgIpc) is 2.45. The van der Waals surface area contributed by atoms with Gasteiger partial charge >= 0.3 is 0 Å². The predicted molar refractivity (Wildman–Crippen MR) is 77.2 cm³/mol. The normalized spacial score (nSPS) is 11.8. The number of amides is 1. The second-order valence-electron chi connectivity index (χ2n) is 4.66. The number of phenols is 1. The Labute approximate surface area is 118 Å². The molecule has 2 aromatic rings. The van der Waals surface area contributed by atoms with Gasteiger partial charge in [0.15, 0.2) is 0 Å². The zero-order valence-electron chi connectivity index (χ0n) is 11.4. The van der Waals surface area contributed by atoms with E-state index >= 15 is 0 Å². The molecule has 1 aromatic heterocycles. The van der Waals surface area contributed by atoms with Crippen LogP contribution >= 0.6 is 0 Å². The van der Waals surface area contributed by atoms with Gasteiger partial charge in [0, 0.05) is 12.4 Å². The molecule has 4 heteroatoms. The molecule has 0 saturated heterocycles. The largest absolute Gasteiger partial charge is 0.508 e. The minimum atomic E-state index is -0.0562. The molecule has 20 heavy (non-hydrogen) atoms. The minimum absolute atomic E-state index is 0.0113. The van der Waals surface area contributed by atoms with E-state index in [0.29, 0.717) is 0 Å². The number of pyridine rings is 1. The van der Waals surface area contributed by atoms with Crippen LogP contribution in [0.4, 0.5) is 0 Å². The second-order valence-corrected chi connectivity index (χ2v) is 4.66. The van der Waals surface area contributed by atoms with Crippen LogP contribution in [-0.4, -0.2) is 16.0 Å². The van der Waals surface area contributed by atoms with Gasteiger partial charge in [0.2, 0.25) is 5.91 Å². The van der Waals surface area contributed by atoms with Crippen molar-refractivity contribution >= 4 is 5.91 Å². The van der Waals surface area contributed by atoms with E-state index in [4.69, 9.17) is 0 Å². The van der Waals surface area contributed by atoms with Crippen molar-refractivity contribution in [1.29, 1.82) is 0 Å². The number of aromatic nitrogens is 1. The summed E-state index contributed by atoms with van der Waals surface area (Å²) in [5.74, 6) is 0.121. The number of hydrogen-bond donors (Lipinski definition) is 2. The van der Waals surface area contributed by atoms with Crippen molar-refractivity contribution in [3.8, 4) is 5.75 Å². The van der Waals surface area contributed by atoms with E-state index in [1.54, 1.807) is 30.6 Å². The summed E-state index contributed by atoms with van der Waals surface area (Å²) in [5.41, 5.74) is 1.85. The van der Waals surface area contributed by atoms with Gasteiger partial charge in [0.25, 0.3) is 0 Å². The number of nitrogens with zero attached hydrogens (tertiary/aromatic N) is 1. The van der Waals surface area contributed by atoms with Gasteiger partial charge in [-0.2, -0.15) is 0 Å². The first kappa shape index (κ1) is 14.1. The second kappa shape index (κ2) is 6.70. The Bertz CT molecular complexity index is 570. The lowest BCUT2D eigenvalue weighted by Gasteiger charge is -2.17. The predicted octanol–water partition coefficient (Wildman–Crippen LogP) is 2.60. The molecular weight excluding hydrogens is 252 g/mol. The molecule has 1 heterocycles. The van der Waals surface area contributed by atoms with E-state index < -0.39 is 0 Å². The van der Waals surface area contributed by atoms with Crippen molar-refractivity contribution in [2.45, 2.75) is 25.8 Å². The quantitative estimate of drug-likeness (QED) is 0.877. The first-order valence-corrected chi connectivity index (χ1v) is 6.66. The molecule has 2 rings (SSSR count). The van der Waals surface area contributed by atoms with Crippen LogP contribution in [0, 0.1) is 0 Å². The molecule has 0 bridgehead atoms. The summed E-state index contributed by atoms with van der Waals surface area (Å²) in [5, 5.41) is 12.4. The third kappa shape index (κ3) is 3.82. The van der Waals surface area contributed by atoms with Crippen LogP contribution < -0.4 is 5.32 Å². The molecule has 104 valence electrons. The molecule has 0 spiro atoms. The monoisotopic (exact) mass is 270 g/mol. The van der Waals surface area contributed by atoms with E-state index in [1.807, 2.05) is 25.1 Å². The van der Waals surface area contributed by atoms with Gasteiger partial charge in [0.1, 0.15) is 5.75 Å². The Kier molecular flexibility index (Phi) is 4.71. The summed E-state index contributed by atoms with van der Waals surface area (Å²) in [4.78, 5) is 16.0. The summed E-state index contributed by atoms with van der Waals surface area (Å²) in [6.45, 7) is 2.03. The van der Waals surface area contributed by atoms with Gasteiger partial charge in [-0.1, -0.05) is 19.1 Å². The summed E-state index contributed by atoms with van der Waals surface area (Å²) in [6.07, 6.45) is 4.52. The van der Waals surface area contributed by atoms with Crippen LogP contribution in [0.2, 0.25) is 0 Å². The summed E-state index contributed by atoms with van der Waals surface area (Å²) >= 11 is 0. The molecule has 1 amide bonds. The Hall–Kier alpha value is -2.36. The number of hydrogen-bond acceptors (Lipinski definition) is 3. The molecule has 4 nitrogen and oxygen atoms in total. The lowest BCUT2D eigenvalue weighted by Crippen LogP contribution is -2.29. The third-order valence-electron chi connectivity index (χ3n) is 3.13. The SMILES string of the molecule is CCC(NC(=O)Cc1cccc(O)c1)c1ccncc1. The number of carbonyl (C=O) groups excluding carboxylic acids is 1. The number of benzene rings is 1. The van der Waals surface area contributed by atoms with Gasteiger partial charge in [-0.05, 0) is 41.8 Å². The smallest absolute Gasteiger partial charge is 0.224 e. The van der Waals surface area contributed by atoms with Crippen molar-refractivity contribution in [3.63, 3.8) is 0 Å². The lowest BCUT2D eigenvalue weighted by atomic mass is 10.1. The summed E-state index contributed by atoms with van der Waals surface area (Å²) in [6, 6.07) is 10.6. The van der Waals surface area contributed by atoms with Crippen LogP contribution in [0.15, 0.2) is 48.8 Å². The van der Waals surface area contributed by atoms with Gasteiger partial charge in [-0.25, -0.2) is 0 Å². The molecule has 1 atom stereocenters. The van der Waals surface area contributed by atoms with Gasteiger partial charge < -0.3 is 10.4 Å². The van der Waals surface area contributed by atoms with E-state index in [-0.39, 0.29) is 24.1 Å². The van der Waals surface area contributed by atoms with Crippen molar-refractivity contribution < 1.29 is 9.90 Å². The maximum atomic E-state index is 12.1. The van der Waals surface area contributed by atoms with Crippen molar-refractivity contribution in [2.75, 3.05) is 0 Å². The number of nitrogens with one attached hydrogen (secondary N) is 1. The molecule has 0 radical (unpaired) electrons. The highest BCUT2D eigenvalue weighted by Crippen LogP contribution is 2.16. The van der Waals surface area contributed by atoms with Crippen LogP contribution in [-0.2, 0) is 11.2 Å². The molecule has 1 aromatic carbocycles. The Morgan fingerprint density at radius 3 is 2.70 bits per heavy atom. The zero-order valence-corrected chi connectivity index (χ0v) is 11.4. The van der Waals surface area contributed by atoms with E-state index in [0.717, 1.165) is 17.5 Å². The summed E-state index contributed by atoms with van der Waals surface area (Å²) in [7, 11) is 0. The minimum Gasteiger partial charge on any atom is -0.508 e. The zero-order chi connectivity index (χ0) is 14.4. The fourth-order valence-electron chi connectivity index (χ4n) is 2.11. The molecule has 0 aliphatic heterocycles. The van der Waals surface area contributed by atoms with E-state index in [9.17, 15) is 9.90 Å². The standard InChI is InChI=1S/C16H18N2O2/c1-2-15(13-6-8-17-9-7-13)18-16(20)11-12-4-3-5-14(19)10-12/h3-10,15,19H,2,11H2,1H3,(H,18,20). The molecule has 1 unspecified atom stereocenters. The topological polar surface area (TPSA) is 62.2 Å². The van der Waals surface area contributed by atoms with Gasteiger partial charge in [-0.15, -0.1) is 0 Å². The van der Waals surface area contributed by atoms with Crippen molar-refractivity contribution in [3.05, 3.63) is 59.9 Å². The fourth-order valence-corrected chi connectivity index (χ4v) is 2.11. The van der Waals surface area contributed by atoms with E-state index in [2.05, 4.69) is 10.3 Å². The number of phenolic OH excluding ortho intramolecular Hbond substituents is 1. The van der Waals surface area contributed by atoms with Crippen molar-refractivity contribution in [1.82, 2.24) is 10.3 Å². The molecule has 2 N–H and O–H groups in total. The highest BCUT2D eigenvalue weighted by molar-refractivity contribution is 5.79. The maximum Gasteiger partial charge on any atom is 0.224 e. The van der Waals surface area contributed by atoms with Gasteiger partial charge in [-0.3, -0.25) is 9.78 Å². The Morgan fingerprint density at radius 1 is 1.30 bits per heavy atom. The fraction of sp³-hybridized carbons (Fsp3) is 0.250. The van der Waals surface area contributed by atoms with Gasteiger partial charge in [0.05, 0.1) is 12.5 Å². The van der Waals surface area contributed by atoms with E-state index in [1.165, 1.54) is 0 Å². The highest BCUT2D eigenvalue weighted by atomic mass is 16.3. The Morgan fingerprint density at radius 2 is 2.05 bits per heavy atom. The summed E-state index contributed by atoms with van der Waals surface area (Å²) < 4.78 is 0. The molecule has 0 aliphatic carbocycles. The third-order valence-corrected chi connectivity index (χ3v) is 3.13. The molecular formula is C16H18N2O2. The molecule has 0 saturated carbocycles. The van der Waals surface area contributed by atoms with Crippen LogP contribution in [0.5, 0.6) is 5.75 Å². The first-order chi connectivity index (χ1) is 9.69. The number of carbonyl (C=O) groups is 1.